The van der Waals surface area contributed by atoms with E-state index in [1.54, 1.807) is 24.3 Å². The number of nitrogens with one attached hydrogen (secondary N) is 2. The number of ketones is 2. The van der Waals surface area contributed by atoms with Crippen molar-refractivity contribution in [1.82, 2.24) is 10.2 Å². The van der Waals surface area contributed by atoms with Gasteiger partial charge in [-0.1, -0.05) is 30.3 Å². The molecule has 5 rings (SSSR count). The molecule has 162 valence electrons. The third-order valence-electron chi connectivity index (χ3n) is 6.02. The summed E-state index contributed by atoms with van der Waals surface area (Å²) in [4.78, 5) is 32.7. The molecule has 0 spiro atoms. The molecule has 2 aromatic carbocycles. The summed E-state index contributed by atoms with van der Waals surface area (Å²) in [6, 6.07) is 12.9. The van der Waals surface area contributed by atoms with Crippen LogP contribution in [0.1, 0.15) is 32.7 Å². The monoisotopic (exact) mass is 428 g/mol. The minimum atomic E-state index is -0.470. The summed E-state index contributed by atoms with van der Waals surface area (Å²) in [5.41, 5.74) is 4.90. The van der Waals surface area contributed by atoms with Gasteiger partial charge in [-0.05, 0) is 51.7 Å². The zero-order valence-electron chi connectivity index (χ0n) is 18.5. The lowest BCUT2D eigenvalue weighted by atomic mass is 9.76. The van der Waals surface area contributed by atoms with Crippen molar-refractivity contribution in [1.29, 1.82) is 0 Å². The highest BCUT2D eigenvalue weighted by Gasteiger charge is 2.46. The Balaban J connectivity index is 1.62. The molecule has 1 aliphatic heterocycles. The topological polar surface area (TPSA) is 72.6 Å². The fraction of sp³-hybridized carbons (Fsp3) is 0.269. The summed E-state index contributed by atoms with van der Waals surface area (Å²) in [6.07, 6.45) is 2.36. The van der Waals surface area contributed by atoms with Gasteiger partial charge in [0.05, 0.1) is 5.57 Å². The van der Waals surface area contributed by atoms with Gasteiger partial charge in [0.1, 0.15) is 5.57 Å². The number of nitrogens with zero attached hydrogens (tertiary/aromatic N) is 1. The van der Waals surface area contributed by atoms with Crippen LogP contribution in [0, 0.1) is 6.92 Å². The predicted octanol–water partition coefficient (Wildman–Crippen LogP) is 1.72. The van der Waals surface area contributed by atoms with Crippen molar-refractivity contribution in [3.63, 3.8) is 0 Å². The Morgan fingerprint density at radius 3 is 2.47 bits per heavy atom. The minimum Gasteiger partial charge on any atom is -0.468 e. The predicted molar refractivity (Wildman–Crippen MR) is 123 cm³/mol. The largest absolute Gasteiger partial charge is 0.468 e. The van der Waals surface area contributed by atoms with Gasteiger partial charge in [-0.25, -0.2) is 4.99 Å². The first-order valence-electron chi connectivity index (χ1n) is 10.9. The molecule has 2 N–H and O–H groups in total. The Morgan fingerprint density at radius 2 is 1.75 bits per heavy atom. The van der Waals surface area contributed by atoms with Crippen molar-refractivity contribution in [3.8, 4) is 5.75 Å². The summed E-state index contributed by atoms with van der Waals surface area (Å²) >= 11 is 0. The number of ether oxygens (including phenoxy) is 1. The van der Waals surface area contributed by atoms with Crippen LogP contribution < -0.4 is 15.0 Å². The average Bonchev–Trinajstić information content (AvgIpc) is 2.78. The molecular formula is C26H26N3O3+. The highest BCUT2D eigenvalue weighted by Crippen LogP contribution is 2.36. The van der Waals surface area contributed by atoms with Crippen LogP contribution in [0.15, 0.2) is 65.4 Å². The van der Waals surface area contributed by atoms with Crippen LogP contribution in [-0.2, 0) is 0 Å². The maximum absolute atomic E-state index is 13.6. The molecule has 1 heterocycles. The Hall–Kier alpha value is -3.51. The number of carbonyl (C=O) groups excluding carboxylic acids is 2. The van der Waals surface area contributed by atoms with Gasteiger partial charge in [0.25, 0.3) is 0 Å². The number of rotatable bonds is 5. The molecule has 32 heavy (non-hydrogen) atoms. The van der Waals surface area contributed by atoms with Gasteiger partial charge in [0.2, 0.25) is 23.3 Å². The van der Waals surface area contributed by atoms with Crippen LogP contribution in [-0.4, -0.2) is 55.5 Å². The molecule has 0 saturated carbocycles. The van der Waals surface area contributed by atoms with Crippen LogP contribution in [0.4, 0.5) is 5.69 Å². The van der Waals surface area contributed by atoms with Crippen LogP contribution in [0.5, 0.6) is 5.75 Å². The van der Waals surface area contributed by atoms with E-state index in [9.17, 15) is 9.59 Å². The Kier molecular flexibility index (Phi) is 5.02. The van der Waals surface area contributed by atoms with Crippen LogP contribution in [0.2, 0.25) is 0 Å². The first kappa shape index (κ1) is 20.4. The Morgan fingerprint density at radius 1 is 1.03 bits per heavy atom. The number of hydrogen-bond acceptors (Lipinski definition) is 5. The standard InChI is InChI=1S/C26H25N3O3/c1-15-9-10-20-18(13-15)28-24-21(32-20)14-19(27-11-6-12-29(2)3)22-23(24)26(31)17-8-5-4-7-16(17)25(22)30/h4-5,7-10,13-14,21,27H,6,11-12H2,1-3H3/p+1. The third kappa shape index (κ3) is 3.37. The number of fused-ring (bicyclic) bond motifs is 4. The second-order valence-electron chi connectivity index (χ2n) is 8.69. The molecule has 3 aliphatic rings. The first-order chi connectivity index (χ1) is 15.4. The van der Waals surface area contributed by atoms with E-state index in [1.807, 2.05) is 45.3 Å². The van der Waals surface area contributed by atoms with Crippen molar-refractivity contribution in [3.05, 3.63) is 82.1 Å². The van der Waals surface area contributed by atoms with E-state index >= 15 is 0 Å². The van der Waals surface area contributed by atoms with Crippen molar-refractivity contribution < 1.29 is 19.3 Å². The summed E-state index contributed by atoms with van der Waals surface area (Å²) in [6.45, 7) is 3.62. The van der Waals surface area contributed by atoms with Gasteiger partial charge in [-0.15, -0.1) is 0 Å². The SMILES string of the molecule is Cc1ccc2c(c1)[NH+]=C1C3=C(C(=O)c4ccccc4C3=O)C(NCCCN(C)C)=CC1O2. The van der Waals surface area contributed by atoms with Crippen molar-refractivity contribution in [2.75, 3.05) is 27.2 Å². The molecule has 0 amide bonds. The minimum absolute atomic E-state index is 0.135. The van der Waals surface area contributed by atoms with E-state index in [0.717, 1.165) is 30.0 Å². The molecule has 1 unspecified atom stereocenters. The van der Waals surface area contributed by atoms with Crippen molar-refractivity contribution >= 4 is 23.0 Å². The first-order valence-corrected chi connectivity index (χ1v) is 10.9. The van der Waals surface area contributed by atoms with Gasteiger partial charge in [0, 0.05) is 29.4 Å². The summed E-state index contributed by atoms with van der Waals surface area (Å²) in [7, 11) is 4.06. The molecule has 6 heteroatoms. The molecule has 0 aromatic heterocycles. The van der Waals surface area contributed by atoms with Gasteiger partial charge in [-0.2, -0.15) is 0 Å². The molecule has 2 aliphatic carbocycles. The van der Waals surface area contributed by atoms with Gasteiger partial charge >= 0.3 is 0 Å². The number of benzene rings is 2. The molecule has 6 nitrogen and oxygen atoms in total. The van der Waals surface area contributed by atoms with E-state index in [-0.39, 0.29) is 11.6 Å². The van der Waals surface area contributed by atoms with Crippen molar-refractivity contribution in [2.45, 2.75) is 19.4 Å². The average molecular weight is 429 g/mol. The zero-order valence-corrected chi connectivity index (χ0v) is 18.5. The Bertz CT molecular complexity index is 1240. The number of hydrogen-bond donors (Lipinski definition) is 2. The summed E-state index contributed by atoms with van der Waals surface area (Å²) in [5.74, 6) is 0.444. The number of Topliss-reactive ketones (excluding diaryl/α,β-unsaturated/α-hetero) is 2. The molecule has 1 atom stereocenters. The highest BCUT2D eigenvalue weighted by molar-refractivity contribution is 6.39. The molecular weight excluding hydrogens is 402 g/mol. The normalized spacial score (nSPS) is 18.8. The molecule has 0 radical (unpaired) electrons. The number of aryl methyl sites for hydroxylation is 1. The lowest BCUT2D eigenvalue weighted by Crippen LogP contribution is -2.73. The van der Waals surface area contributed by atoms with Crippen LogP contribution in [0.3, 0.4) is 0 Å². The smallest absolute Gasteiger partial charge is 0.246 e. The lowest BCUT2D eigenvalue weighted by Gasteiger charge is -2.30. The molecule has 0 fully saturated rings. The molecule has 0 saturated heterocycles. The Labute approximate surface area is 187 Å². The fourth-order valence-electron chi connectivity index (χ4n) is 4.47. The third-order valence-corrected chi connectivity index (χ3v) is 6.02. The van der Waals surface area contributed by atoms with Gasteiger partial charge in [-0.3, -0.25) is 9.59 Å². The quantitative estimate of drug-likeness (QED) is 0.710. The number of allylic oxidation sites excluding steroid dienone is 1. The van der Waals surface area contributed by atoms with Gasteiger partial charge < -0.3 is 15.0 Å². The summed E-state index contributed by atoms with van der Waals surface area (Å²) in [5, 5.41) is 3.41. The second kappa shape index (κ2) is 7.88. The van der Waals surface area contributed by atoms with E-state index in [1.165, 1.54) is 0 Å². The fourth-order valence-corrected chi connectivity index (χ4v) is 4.47. The number of carbonyl (C=O) groups is 2. The molecule has 2 aromatic rings. The maximum atomic E-state index is 13.6. The van der Waals surface area contributed by atoms with Crippen LogP contribution in [0.25, 0.3) is 0 Å². The summed E-state index contributed by atoms with van der Waals surface area (Å²) < 4.78 is 6.26. The van der Waals surface area contributed by atoms with Crippen molar-refractivity contribution in [2.24, 2.45) is 0 Å². The second-order valence-corrected chi connectivity index (χ2v) is 8.69. The van der Waals surface area contributed by atoms with E-state index in [0.29, 0.717) is 40.2 Å². The highest BCUT2D eigenvalue weighted by atomic mass is 16.5. The van der Waals surface area contributed by atoms with E-state index in [4.69, 9.17) is 4.74 Å². The van der Waals surface area contributed by atoms with E-state index in [2.05, 4.69) is 15.2 Å². The van der Waals surface area contributed by atoms with Gasteiger partial charge in [0.15, 0.2) is 11.5 Å². The zero-order chi connectivity index (χ0) is 22.4. The van der Waals surface area contributed by atoms with Crippen LogP contribution >= 0.6 is 0 Å². The molecule has 0 bridgehead atoms. The maximum Gasteiger partial charge on any atom is 0.246 e. The lowest BCUT2D eigenvalue weighted by molar-refractivity contribution is -0.363. The van der Waals surface area contributed by atoms with E-state index < -0.39 is 6.10 Å².